The number of nitrogens with zero attached hydrogens (tertiary/aromatic N) is 3. The van der Waals surface area contributed by atoms with Crippen molar-refractivity contribution in [3.05, 3.63) is 22.1 Å². The molecule has 214 valence electrons. The van der Waals surface area contributed by atoms with Crippen LogP contribution in [0.4, 0.5) is 4.39 Å². The molecule has 3 unspecified atom stereocenters. The molecule has 0 radical (unpaired) electrons. The van der Waals surface area contributed by atoms with Crippen LogP contribution >= 0.6 is 23.5 Å². The van der Waals surface area contributed by atoms with E-state index in [0.717, 1.165) is 41.8 Å². The van der Waals surface area contributed by atoms with Gasteiger partial charge in [-0.2, -0.15) is 0 Å². The van der Waals surface area contributed by atoms with Crippen molar-refractivity contribution in [1.82, 2.24) is 14.9 Å². The maximum atomic E-state index is 15.0. The molecule has 1 saturated heterocycles. The van der Waals surface area contributed by atoms with Gasteiger partial charge in [-0.25, -0.2) is 13.7 Å². The average Bonchev–Trinajstić information content (AvgIpc) is 2.99. The Morgan fingerprint density at radius 2 is 1.79 bits per heavy atom. The zero-order valence-corrected chi connectivity index (χ0v) is 25.9. The topological polar surface area (TPSA) is 52.0 Å². The van der Waals surface area contributed by atoms with Crippen LogP contribution in [-0.2, 0) is 0 Å². The number of nitrogens with one attached hydrogen (secondary N) is 2. The van der Waals surface area contributed by atoms with Crippen LogP contribution in [0.2, 0.25) is 0 Å². The van der Waals surface area contributed by atoms with Gasteiger partial charge in [0.05, 0.1) is 18.6 Å². The van der Waals surface area contributed by atoms with Crippen molar-refractivity contribution in [2.24, 2.45) is 32.7 Å². The largest absolute Gasteiger partial charge is 0.350 e. The number of hydrogen-bond acceptors (Lipinski definition) is 5. The molecule has 1 saturated carbocycles. The quantitative estimate of drug-likeness (QED) is 0.347. The van der Waals surface area contributed by atoms with Gasteiger partial charge in [0.1, 0.15) is 5.84 Å². The van der Waals surface area contributed by atoms with Gasteiger partial charge in [0.15, 0.2) is 12.1 Å². The first-order chi connectivity index (χ1) is 17.9. The van der Waals surface area contributed by atoms with Crippen molar-refractivity contribution >= 4 is 35.3 Å². The molecule has 0 aromatic rings. The molecule has 5 nitrogen and oxygen atoms in total. The zero-order chi connectivity index (χ0) is 27.5. The smallest absolute Gasteiger partial charge is 0.197 e. The minimum absolute atomic E-state index is 0.0143. The van der Waals surface area contributed by atoms with E-state index in [0.29, 0.717) is 24.1 Å². The fraction of sp³-hybridized carbons (Fsp3) is 0.800. The Kier molecular flexibility index (Phi) is 9.95. The van der Waals surface area contributed by atoms with Crippen LogP contribution < -0.4 is 10.6 Å². The van der Waals surface area contributed by atoms with E-state index in [2.05, 4.69) is 73.6 Å². The molecule has 0 aromatic carbocycles. The number of allylic oxidation sites excluding steroid dienone is 1. The number of aliphatic imine (C=N–C) groups is 2. The summed E-state index contributed by atoms with van der Waals surface area (Å²) in [7, 11) is 0. The molecule has 4 rings (SSSR count). The van der Waals surface area contributed by atoms with Gasteiger partial charge in [0.2, 0.25) is 0 Å². The summed E-state index contributed by atoms with van der Waals surface area (Å²) < 4.78 is 17.4. The molecule has 8 heteroatoms. The summed E-state index contributed by atoms with van der Waals surface area (Å²) in [6.07, 6.45) is 11.9. The van der Waals surface area contributed by atoms with E-state index < -0.39 is 6.17 Å². The normalized spacial score (nSPS) is 35.6. The standard InChI is InChI=1S/C30H49ClFN5S/c1-20-8-7-12-37(13-11-20)38-26-10-9-22(14-24(26)31)35-28-33-19-25(32)27(36-28)34-23-17-29(3,4)15-21(2)16-30(5,6)18-23/h9-10,20-23,25H,7-8,11-19H2,1-6H3,(H2,33,34,35,36). The van der Waals surface area contributed by atoms with E-state index in [4.69, 9.17) is 16.6 Å². The lowest BCUT2D eigenvalue weighted by Gasteiger charge is -2.40. The summed E-state index contributed by atoms with van der Waals surface area (Å²) in [5.74, 6) is 2.50. The number of alkyl halides is 1. The predicted molar refractivity (Wildman–Crippen MR) is 162 cm³/mol. The van der Waals surface area contributed by atoms with Gasteiger partial charge < -0.3 is 10.6 Å². The molecule has 0 aromatic heterocycles. The Balaban J connectivity index is 1.36. The summed E-state index contributed by atoms with van der Waals surface area (Å²) in [4.78, 5) is 10.6. The second-order valence-corrected chi connectivity index (χ2v) is 15.4. The fourth-order valence-electron chi connectivity index (χ4n) is 6.93. The van der Waals surface area contributed by atoms with Gasteiger partial charge in [0.25, 0.3) is 0 Å². The van der Waals surface area contributed by atoms with Crippen LogP contribution in [0.25, 0.3) is 0 Å². The first-order valence-corrected chi connectivity index (χ1v) is 15.8. The fourth-order valence-corrected chi connectivity index (χ4v) is 8.28. The third kappa shape index (κ3) is 8.72. The zero-order valence-electron chi connectivity index (χ0n) is 24.3. The highest BCUT2D eigenvalue weighted by Crippen LogP contribution is 2.43. The van der Waals surface area contributed by atoms with Crippen LogP contribution in [0, 0.1) is 22.7 Å². The first-order valence-electron chi connectivity index (χ1n) is 14.7. The van der Waals surface area contributed by atoms with Gasteiger partial charge in [-0.3, -0.25) is 4.99 Å². The summed E-state index contributed by atoms with van der Waals surface area (Å²) in [5, 5.41) is 7.52. The molecule has 2 N–H and O–H groups in total. The highest BCUT2D eigenvalue weighted by molar-refractivity contribution is 8.01. The third-order valence-electron chi connectivity index (χ3n) is 8.32. The van der Waals surface area contributed by atoms with E-state index >= 15 is 0 Å². The van der Waals surface area contributed by atoms with Gasteiger partial charge in [-0.1, -0.05) is 59.2 Å². The van der Waals surface area contributed by atoms with E-state index in [1.54, 1.807) is 11.9 Å². The molecule has 2 heterocycles. The van der Waals surface area contributed by atoms with Crippen molar-refractivity contribution in [2.45, 2.75) is 111 Å². The highest BCUT2D eigenvalue weighted by Gasteiger charge is 2.36. The Morgan fingerprint density at radius 3 is 2.47 bits per heavy atom. The van der Waals surface area contributed by atoms with Crippen LogP contribution in [0.1, 0.15) is 92.9 Å². The van der Waals surface area contributed by atoms with Crippen molar-refractivity contribution < 1.29 is 4.39 Å². The van der Waals surface area contributed by atoms with Gasteiger partial charge in [-0.15, -0.1) is 0 Å². The Bertz CT molecular complexity index is 938. The lowest BCUT2D eigenvalue weighted by Crippen LogP contribution is -2.52. The van der Waals surface area contributed by atoms with E-state index in [1.807, 2.05) is 0 Å². The minimum atomic E-state index is -1.19. The number of hydrogen-bond donors (Lipinski definition) is 2. The summed E-state index contributed by atoms with van der Waals surface area (Å²) in [5.41, 5.74) is 0.384. The molecule has 38 heavy (non-hydrogen) atoms. The molecule has 2 aliphatic carbocycles. The highest BCUT2D eigenvalue weighted by atomic mass is 35.5. The van der Waals surface area contributed by atoms with Crippen LogP contribution in [0.15, 0.2) is 32.1 Å². The second-order valence-electron chi connectivity index (χ2n) is 13.8. The van der Waals surface area contributed by atoms with Crippen molar-refractivity contribution in [2.75, 3.05) is 19.6 Å². The summed E-state index contributed by atoms with van der Waals surface area (Å²) in [6.45, 7) is 16.3. The summed E-state index contributed by atoms with van der Waals surface area (Å²) >= 11 is 8.54. The Morgan fingerprint density at radius 1 is 1.08 bits per heavy atom. The third-order valence-corrected chi connectivity index (χ3v) is 10.00. The molecule has 3 atom stereocenters. The molecule has 2 fully saturated rings. The van der Waals surface area contributed by atoms with Crippen LogP contribution in [0.3, 0.4) is 0 Å². The van der Waals surface area contributed by atoms with Gasteiger partial charge >= 0.3 is 0 Å². The Labute approximate surface area is 239 Å². The molecular formula is C30H49ClFN5S. The Hall–Kier alpha value is -1.05. The molecule has 0 bridgehead atoms. The maximum Gasteiger partial charge on any atom is 0.197 e. The van der Waals surface area contributed by atoms with Gasteiger partial charge in [0, 0.05) is 29.4 Å². The molecule has 0 amide bonds. The number of halogens is 2. The van der Waals surface area contributed by atoms with Crippen molar-refractivity contribution in [3.63, 3.8) is 0 Å². The van der Waals surface area contributed by atoms with Crippen molar-refractivity contribution in [3.8, 4) is 0 Å². The van der Waals surface area contributed by atoms with Crippen molar-refractivity contribution in [1.29, 1.82) is 0 Å². The SMILES string of the molecule is CC1CCCN(SC2=C(Cl)CC(NC3=NCC(F)C(=NC4CC(C)(C)CC(C)CC(C)(C)C4)N3)C=C2)CC1. The number of guanidine groups is 1. The lowest BCUT2D eigenvalue weighted by atomic mass is 9.67. The molecule has 2 aliphatic heterocycles. The number of rotatable bonds is 4. The maximum absolute atomic E-state index is 15.0. The second kappa shape index (κ2) is 12.6. The first kappa shape index (κ1) is 29.9. The molecule has 4 aliphatic rings. The summed E-state index contributed by atoms with van der Waals surface area (Å²) in [6, 6.07) is 0.113. The lowest BCUT2D eigenvalue weighted by molar-refractivity contribution is 0.132. The minimum Gasteiger partial charge on any atom is -0.350 e. The van der Waals surface area contributed by atoms with E-state index in [9.17, 15) is 4.39 Å². The van der Waals surface area contributed by atoms with Gasteiger partial charge in [-0.05, 0) is 85.6 Å². The predicted octanol–water partition coefficient (Wildman–Crippen LogP) is 7.45. The average molecular weight is 566 g/mol. The van der Waals surface area contributed by atoms with E-state index in [-0.39, 0.29) is 29.5 Å². The van der Waals surface area contributed by atoms with E-state index in [1.165, 1.54) is 32.1 Å². The number of amidine groups is 1. The monoisotopic (exact) mass is 565 g/mol. The molecular weight excluding hydrogens is 517 g/mol. The van der Waals surface area contributed by atoms with Crippen LogP contribution in [0.5, 0.6) is 0 Å². The molecule has 0 spiro atoms. The van der Waals surface area contributed by atoms with Crippen LogP contribution in [-0.4, -0.2) is 54.0 Å².